The highest BCUT2D eigenvalue weighted by Crippen LogP contribution is 2.34. The molecule has 2 aromatic carbocycles. The summed E-state index contributed by atoms with van der Waals surface area (Å²) in [5.41, 5.74) is -0.446. The first-order chi connectivity index (χ1) is 11.2. The van der Waals surface area contributed by atoms with Crippen molar-refractivity contribution < 1.29 is 26.0 Å². The van der Waals surface area contributed by atoms with E-state index >= 15 is 0 Å². The van der Waals surface area contributed by atoms with E-state index in [0.29, 0.717) is 0 Å². The van der Waals surface area contributed by atoms with Crippen molar-refractivity contribution in [2.75, 3.05) is 5.75 Å². The number of sulfone groups is 1. The van der Waals surface area contributed by atoms with Gasteiger partial charge in [-0.3, -0.25) is 0 Å². The third kappa shape index (κ3) is 2.89. The Balaban J connectivity index is 2.18. The Morgan fingerprint density at radius 1 is 1.12 bits per heavy atom. The normalized spacial score (nSPS) is 12.7. The van der Waals surface area contributed by atoms with Gasteiger partial charge in [0.25, 0.3) is 0 Å². The summed E-state index contributed by atoms with van der Waals surface area (Å²) < 4.78 is 68.1. The van der Waals surface area contributed by atoms with Crippen molar-refractivity contribution in [1.82, 2.24) is 4.98 Å². The van der Waals surface area contributed by atoms with E-state index in [2.05, 4.69) is 4.98 Å². The highest BCUT2D eigenvalue weighted by molar-refractivity contribution is 7.91. The third-order valence-electron chi connectivity index (χ3n) is 3.55. The standard InChI is InChI=1S/C16H12F3NO3S/c1-2-24(21,22)14-6-4-3-5-11(14)15-20-12-9-10(16(17,18)19)7-8-13(12)23-15/h3-9H,2H2,1H3. The molecule has 0 bridgehead atoms. The first kappa shape index (κ1) is 16.5. The van der Waals surface area contributed by atoms with E-state index < -0.39 is 21.6 Å². The number of halogens is 3. The van der Waals surface area contributed by atoms with Crippen LogP contribution in [-0.2, 0) is 16.0 Å². The molecule has 24 heavy (non-hydrogen) atoms. The summed E-state index contributed by atoms with van der Waals surface area (Å²) in [5.74, 6) is -0.139. The molecule has 0 aliphatic rings. The van der Waals surface area contributed by atoms with Gasteiger partial charge in [0.2, 0.25) is 5.89 Å². The molecule has 1 aromatic heterocycles. The van der Waals surface area contributed by atoms with Crippen LogP contribution in [0.4, 0.5) is 13.2 Å². The van der Waals surface area contributed by atoms with Crippen LogP contribution in [0.3, 0.4) is 0 Å². The van der Waals surface area contributed by atoms with Gasteiger partial charge in [-0.05, 0) is 30.3 Å². The van der Waals surface area contributed by atoms with Crippen LogP contribution in [-0.4, -0.2) is 19.2 Å². The molecular formula is C16H12F3NO3S. The molecule has 3 aromatic rings. The molecule has 0 aliphatic heterocycles. The predicted octanol–water partition coefficient (Wildman–Crippen LogP) is 4.31. The second-order valence-electron chi connectivity index (χ2n) is 5.10. The molecule has 126 valence electrons. The minimum absolute atomic E-state index is 0.0172. The largest absolute Gasteiger partial charge is 0.436 e. The molecule has 0 unspecified atom stereocenters. The van der Waals surface area contributed by atoms with Gasteiger partial charge < -0.3 is 4.42 Å². The van der Waals surface area contributed by atoms with E-state index in [-0.39, 0.29) is 33.2 Å². The topological polar surface area (TPSA) is 60.2 Å². The van der Waals surface area contributed by atoms with E-state index in [0.717, 1.165) is 12.1 Å². The molecule has 0 N–H and O–H groups in total. The maximum Gasteiger partial charge on any atom is 0.416 e. The molecule has 0 amide bonds. The van der Waals surface area contributed by atoms with Crippen LogP contribution < -0.4 is 0 Å². The SMILES string of the molecule is CCS(=O)(=O)c1ccccc1-c1nc2cc(C(F)(F)F)ccc2o1. The van der Waals surface area contributed by atoms with Crippen molar-refractivity contribution >= 4 is 20.9 Å². The van der Waals surface area contributed by atoms with Crippen LogP contribution in [0, 0.1) is 0 Å². The van der Waals surface area contributed by atoms with Gasteiger partial charge in [-0.25, -0.2) is 13.4 Å². The summed E-state index contributed by atoms with van der Waals surface area (Å²) in [7, 11) is -3.53. The Labute approximate surface area is 135 Å². The molecule has 8 heteroatoms. The van der Waals surface area contributed by atoms with Gasteiger partial charge >= 0.3 is 6.18 Å². The van der Waals surface area contributed by atoms with Gasteiger partial charge in [0.05, 0.1) is 21.8 Å². The van der Waals surface area contributed by atoms with E-state index in [1.54, 1.807) is 12.1 Å². The highest BCUT2D eigenvalue weighted by atomic mass is 32.2. The number of oxazole rings is 1. The molecule has 0 aliphatic carbocycles. The molecule has 3 rings (SSSR count). The summed E-state index contributed by atoms with van der Waals surface area (Å²) >= 11 is 0. The second kappa shape index (κ2) is 5.62. The molecular weight excluding hydrogens is 343 g/mol. The minimum atomic E-state index is -4.49. The summed E-state index contributed by atoms with van der Waals surface area (Å²) in [4.78, 5) is 4.07. The van der Waals surface area contributed by atoms with Crippen LogP contribution in [0.25, 0.3) is 22.6 Å². The maximum atomic E-state index is 12.8. The first-order valence-electron chi connectivity index (χ1n) is 7.02. The molecule has 1 heterocycles. The molecule has 0 radical (unpaired) electrons. The number of aromatic nitrogens is 1. The van der Waals surface area contributed by atoms with Crippen molar-refractivity contribution in [3.05, 3.63) is 48.0 Å². The Bertz CT molecular complexity index is 1010. The summed E-state index contributed by atoms with van der Waals surface area (Å²) in [6, 6.07) is 9.05. The van der Waals surface area contributed by atoms with Crippen molar-refractivity contribution in [3.8, 4) is 11.5 Å². The van der Waals surface area contributed by atoms with Crippen molar-refractivity contribution in [1.29, 1.82) is 0 Å². The quantitative estimate of drug-likeness (QED) is 0.702. The van der Waals surface area contributed by atoms with Gasteiger partial charge in [-0.15, -0.1) is 0 Å². The van der Waals surface area contributed by atoms with Crippen LogP contribution in [0.5, 0.6) is 0 Å². The lowest BCUT2D eigenvalue weighted by atomic mass is 10.2. The van der Waals surface area contributed by atoms with Gasteiger partial charge in [-0.2, -0.15) is 13.2 Å². The van der Waals surface area contributed by atoms with E-state index in [9.17, 15) is 21.6 Å². The minimum Gasteiger partial charge on any atom is -0.436 e. The van der Waals surface area contributed by atoms with Crippen molar-refractivity contribution in [2.24, 2.45) is 0 Å². The lowest BCUT2D eigenvalue weighted by Crippen LogP contribution is -2.05. The first-order valence-corrected chi connectivity index (χ1v) is 8.67. The molecule has 0 spiro atoms. The fourth-order valence-corrected chi connectivity index (χ4v) is 3.38. The van der Waals surface area contributed by atoms with E-state index in [1.807, 2.05) is 0 Å². The average Bonchev–Trinajstić information content (AvgIpc) is 2.97. The number of hydrogen-bond acceptors (Lipinski definition) is 4. The number of hydrogen-bond donors (Lipinski definition) is 0. The summed E-state index contributed by atoms with van der Waals surface area (Å²) in [6.07, 6.45) is -4.49. The molecule has 0 saturated heterocycles. The fourth-order valence-electron chi connectivity index (χ4n) is 2.29. The smallest absolute Gasteiger partial charge is 0.416 e. The maximum absolute atomic E-state index is 12.8. The van der Waals surface area contributed by atoms with Crippen molar-refractivity contribution in [3.63, 3.8) is 0 Å². The zero-order chi connectivity index (χ0) is 17.5. The fraction of sp³-hybridized carbons (Fsp3) is 0.188. The lowest BCUT2D eigenvalue weighted by molar-refractivity contribution is -0.137. The van der Waals surface area contributed by atoms with Gasteiger partial charge in [0.1, 0.15) is 5.52 Å². The van der Waals surface area contributed by atoms with Gasteiger partial charge in [0.15, 0.2) is 15.4 Å². The molecule has 0 saturated carbocycles. The van der Waals surface area contributed by atoms with Crippen molar-refractivity contribution in [2.45, 2.75) is 18.0 Å². The van der Waals surface area contributed by atoms with E-state index in [1.165, 1.54) is 25.1 Å². The number of alkyl halides is 3. The van der Waals surface area contributed by atoms with Crippen LogP contribution in [0.15, 0.2) is 51.8 Å². The van der Waals surface area contributed by atoms with Crippen LogP contribution in [0.2, 0.25) is 0 Å². The highest BCUT2D eigenvalue weighted by Gasteiger charge is 2.31. The number of nitrogens with zero attached hydrogens (tertiary/aromatic N) is 1. The third-order valence-corrected chi connectivity index (χ3v) is 5.33. The van der Waals surface area contributed by atoms with E-state index in [4.69, 9.17) is 4.42 Å². The van der Waals surface area contributed by atoms with Crippen LogP contribution >= 0.6 is 0 Å². The van der Waals surface area contributed by atoms with Gasteiger partial charge in [0, 0.05) is 0 Å². The molecule has 0 fully saturated rings. The second-order valence-corrected chi connectivity index (χ2v) is 7.35. The van der Waals surface area contributed by atoms with Crippen LogP contribution in [0.1, 0.15) is 12.5 Å². The molecule has 4 nitrogen and oxygen atoms in total. The number of fused-ring (bicyclic) bond motifs is 1. The monoisotopic (exact) mass is 355 g/mol. The Hall–Kier alpha value is -2.35. The predicted molar refractivity (Wildman–Crippen MR) is 82.2 cm³/mol. The van der Waals surface area contributed by atoms with Gasteiger partial charge in [-0.1, -0.05) is 19.1 Å². The summed E-state index contributed by atoms with van der Waals surface area (Å²) in [6.45, 7) is 1.51. The molecule has 0 atom stereocenters. The Kier molecular flexibility index (Phi) is 3.87. The Morgan fingerprint density at radius 2 is 1.83 bits per heavy atom. The lowest BCUT2D eigenvalue weighted by Gasteiger charge is -2.05. The summed E-state index contributed by atoms with van der Waals surface area (Å²) in [5, 5.41) is 0. The zero-order valence-electron chi connectivity index (χ0n) is 12.5. The number of benzene rings is 2. The Morgan fingerprint density at radius 3 is 2.50 bits per heavy atom. The number of rotatable bonds is 3. The average molecular weight is 355 g/mol. The zero-order valence-corrected chi connectivity index (χ0v) is 13.3.